The number of β-amino-alcohol motifs (C(OH)–C–C–N with tert-alkyl or cyclic N) is 1. The summed E-state index contributed by atoms with van der Waals surface area (Å²) in [6.07, 6.45) is -0.647. The van der Waals surface area contributed by atoms with Crippen LogP contribution in [0.1, 0.15) is 38.0 Å². The number of benzene rings is 1. The van der Waals surface area contributed by atoms with Crippen molar-refractivity contribution in [3.63, 3.8) is 0 Å². The number of ether oxygens (including phenoxy) is 1. The Bertz CT molecular complexity index is 421. The van der Waals surface area contributed by atoms with Gasteiger partial charge in [0, 0.05) is 17.6 Å². The molecule has 1 aromatic rings. The van der Waals surface area contributed by atoms with Gasteiger partial charge in [0.05, 0.1) is 25.9 Å². The van der Waals surface area contributed by atoms with Gasteiger partial charge in [-0.2, -0.15) is 0 Å². The Balaban J connectivity index is 0.00000400. The third-order valence-corrected chi connectivity index (χ3v) is 2.81. The summed E-state index contributed by atoms with van der Waals surface area (Å²) in [6.45, 7) is 6.90. The lowest BCUT2D eigenvalue weighted by atomic mass is 10.0. The average molecular weight is 320 g/mol. The van der Waals surface area contributed by atoms with Crippen molar-refractivity contribution in [2.45, 2.75) is 39.0 Å². The molecule has 0 radical (unpaired) electrons. The maximum atomic E-state index is 10.1. The number of rotatable bonds is 7. The minimum absolute atomic E-state index is 0. The smallest absolute Gasteiger partial charge is 0.121 e. The molecule has 0 spiro atoms. The zero-order valence-corrected chi connectivity index (χ0v) is 13.6. The van der Waals surface area contributed by atoms with Crippen LogP contribution in [-0.4, -0.2) is 40.6 Å². The van der Waals surface area contributed by atoms with Crippen molar-refractivity contribution in [3.8, 4) is 5.75 Å². The van der Waals surface area contributed by atoms with Gasteiger partial charge in [0.2, 0.25) is 0 Å². The number of aromatic hydroxyl groups is 1. The van der Waals surface area contributed by atoms with Crippen molar-refractivity contribution in [3.05, 3.63) is 29.3 Å². The summed E-state index contributed by atoms with van der Waals surface area (Å²) in [4.78, 5) is 0. The van der Waals surface area contributed by atoms with E-state index >= 15 is 0 Å². The minimum Gasteiger partial charge on any atom is -0.508 e. The van der Waals surface area contributed by atoms with Crippen LogP contribution in [0.2, 0.25) is 0 Å². The van der Waals surface area contributed by atoms with E-state index in [-0.39, 0.29) is 43.5 Å². The van der Waals surface area contributed by atoms with Crippen LogP contribution in [0.25, 0.3) is 0 Å². The number of phenols is 1. The molecule has 0 heterocycles. The molecule has 0 bridgehead atoms. The molecular formula is C15H26ClNO4. The molecule has 1 rings (SSSR count). The Hall–Kier alpha value is -0.850. The van der Waals surface area contributed by atoms with Crippen LogP contribution >= 0.6 is 12.4 Å². The summed E-state index contributed by atoms with van der Waals surface area (Å²) in [5, 5.41) is 31.8. The van der Waals surface area contributed by atoms with Gasteiger partial charge in [-0.05, 0) is 38.5 Å². The zero-order valence-electron chi connectivity index (χ0n) is 12.8. The molecule has 0 amide bonds. The van der Waals surface area contributed by atoms with E-state index in [1.807, 2.05) is 20.8 Å². The standard InChI is InChI=1S/C15H25NO4.ClH/c1-15(2,3)16-9-14(19)11-4-5-13(18)12(8-11)10-20-7-6-17;/h4-5,8,14,16-19H,6-7,9-10H2,1-3H3;1H. The fourth-order valence-corrected chi connectivity index (χ4v) is 1.70. The predicted octanol–water partition coefficient (Wildman–Crippen LogP) is 1.74. The fraction of sp³-hybridized carbons (Fsp3) is 0.600. The van der Waals surface area contributed by atoms with Crippen molar-refractivity contribution in [1.29, 1.82) is 0 Å². The first-order chi connectivity index (χ1) is 9.33. The SMILES string of the molecule is CC(C)(C)NCC(O)c1ccc(O)c(COCCO)c1.Cl. The lowest BCUT2D eigenvalue weighted by Crippen LogP contribution is -2.38. The second-order valence-electron chi connectivity index (χ2n) is 5.81. The van der Waals surface area contributed by atoms with Gasteiger partial charge in [0.15, 0.2) is 0 Å². The first-order valence-corrected chi connectivity index (χ1v) is 6.77. The minimum atomic E-state index is -0.647. The van der Waals surface area contributed by atoms with E-state index in [0.29, 0.717) is 12.1 Å². The Morgan fingerprint density at radius 3 is 2.52 bits per heavy atom. The van der Waals surface area contributed by atoms with Crippen LogP contribution < -0.4 is 5.32 Å². The molecule has 122 valence electrons. The van der Waals surface area contributed by atoms with Crippen LogP contribution in [0.15, 0.2) is 18.2 Å². The van der Waals surface area contributed by atoms with E-state index in [9.17, 15) is 10.2 Å². The van der Waals surface area contributed by atoms with Gasteiger partial charge < -0.3 is 25.4 Å². The molecule has 1 unspecified atom stereocenters. The number of hydrogen-bond acceptors (Lipinski definition) is 5. The van der Waals surface area contributed by atoms with Gasteiger partial charge in [-0.3, -0.25) is 0 Å². The predicted molar refractivity (Wildman–Crippen MR) is 84.8 cm³/mol. The van der Waals surface area contributed by atoms with Gasteiger partial charge in [-0.25, -0.2) is 0 Å². The molecular weight excluding hydrogens is 294 g/mol. The highest BCUT2D eigenvalue weighted by molar-refractivity contribution is 5.85. The molecule has 1 atom stereocenters. The normalized spacial score (nSPS) is 12.8. The number of phenolic OH excluding ortho intramolecular Hbond substituents is 1. The summed E-state index contributed by atoms with van der Waals surface area (Å²) >= 11 is 0. The lowest BCUT2D eigenvalue weighted by Gasteiger charge is -2.23. The monoisotopic (exact) mass is 319 g/mol. The second-order valence-corrected chi connectivity index (χ2v) is 5.81. The van der Waals surface area contributed by atoms with Crippen molar-refractivity contribution >= 4 is 12.4 Å². The van der Waals surface area contributed by atoms with Gasteiger partial charge in [-0.1, -0.05) is 6.07 Å². The number of halogens is 1. The van der Waals surface area contributed by atoms with Crippen molar-refractivity contribution < 1.29 is 20.1 Å². The zero-order chi connectivity index (χ0) is 15.2. The summed E-state index contributed by atoms with van der Waals surface area (Å²) < 4.78 is 5.19. The van der Waals surface area contributed by atoms with Gasteiger partial charge >= 0.3 is 0 Å². The Morgan fingerprint density at radius 2 is 1.95 bits per heavy atom. The maximum absolute atomic E-state index is 10.1. The largest absolute Gasteiger partial charge is 0.508 e. The number of hydrogen-bond donors (Lipinski definition) is 4. The van der Waals surface area contributed by atoms with Gasteiger partial charge in [0.25, 0.3) is 0 Å². The summed E-state index contributed by atoms with van der Waals surface area (Å²) in [6, 6.07) is 4.97. The molecule has 21 heavy (non-hydrogen) atoms. The third-order valence-electron chi connectivity index (χ3n) is 2.81. The topological polar surface area (TPSA) is 82.0 Å². The molecule has 6 heteroatoms. The molecule has 1 aromatic carbocycles. The third kappa shape index (κ3) is 7.64. The van der Waals surface area contributed by atoms with E-state index in [1.165, 1.54) is 0 Å². The number of aliphatic hydroxyl groups excluding tert-OH is 2. The average Bonchev–Trinajstić information content (AvgIpc) is 2.37. The Morgan fingerprint density at radius 1 is 1.29 bits per heavy atom. The molecule has 0 saturated carbocycles. The first-order valence-electron chi connectivity index (χ1n) is 6.77. The molecule has 0 aliphatic carbocycles. The highest BCUT2D eigenvalue weighted by atomic mass is 35.5. The van der Waals surface area contributed by atoms with Crippen LogP contribution in [0.4, 0.5) is 0 Å². The second kappa shape index (κ2) is 9.23. The van der Waals surface area contributed by atoms with Crippen molar-refractivity contribution in [2.24, 2.45) is 0 Å². The van der Waals surface area contributed by atoms with E-state index in [4.69, 9.17) is 9.84 Å². The van der Waals surface area contributed by atoms with Gasteiger partial charge in [-0.15, -0.1) is 12.4 Å². The molecule has 5 nitrogen and oxygen atoms in total. The van der Waals surface area contributed by atoms with Crippen LogP contribution in [0.3, 0.4) is 0 Å². The van der Waals surface area contributed by atoms with E-state index in [1.54, 1.807) is 18.2 Å². The van der Waals surface area contributed by atoms with Crippen molar-refractivity contribution in [1.82, 2.24) is 5.32 Å². The molecule has 0 fully saturated rings. The molecule has 0 aliphatic rings. The first kappa shape index (κ1) is 20.1. The van der Waals surface area contributed by atoms with Crippen LogP contribution in [-0.2, 0) is 11.3 Å². The Labute approximate surface area is 132 Å². The quantitative estimate of drug-likeness (QED) is 0.576. The van der Waals surface area contributed by atoms with E-state index < -0.39 is 6.10 Å². The van der Waals surface area contributed by atoms with E-state index in [2.05, 4.69) is 5.32 Å². The maximum Gasteiger partial charge on any atom is 0.121 e. The number of aliphatic hydroxyl groups is 2. The highest BCUT2D eigenvalue weighted by Gasteiger charge is 2.14. The molecule has 4 N–H and O–H groups in total. The highest BCUT2D eigenvalue weighted by Crippen LogP contribution is 2.23. The summed E-state index contributed by atoms with van der Waals surface area (Å²) in [5.74, 6) is 0.127. The van der Waals surface area contributed by atoms with Crippen LogP contribution in [0.5, 0.6) is 5.75 Å². The Kier molecular flexibility index (Phi) is 8.85. The van der Waals surface area contributed by atoms with Gasteiger partial charge in [0.1, 0.15) is 5.75 Å². The lowest BCUT2D eigenvalue weighted by molar-refractivity contribution is 0.0802. The van der Waals surface area contributed by atoms with Crippen LogP contribution in [0, 0.1) is 0 Å². The number of nitrogens with one attached hydrogen (secondary N) is 1. The van der Waals surface area contributed by atoms with Crippen molar-refractivity contribution in [2.75, 3.05) is 19.8 Å². The summed E-state index contributed by atoms with van der Waals surface area (Å²) in [5.41, 5.74) is 1.26. The summed E-state index contributed by atoms with van der Waals surface area (Å²) in [7, 11) is 0. The molecule has 0 aromatic heterocycles. The van der Waals surface area contributed by atoms with E-state index in [0.717, 1.165) is 5.56 Å². The fourth-order valence-electron chi connectivity index (χ4n) is 1.70. The molecule has 0 saturated heterocycles. The molecule has 0 aliphatic heterocycles.